The summed E-state index contributed by atoms with van der Waals surface area (Å²) in [5.74, 6) is 0.934. The maximum Gasteiger partial charge on any atom is 0.191 e. The summed E-state index contributed by atoms with van der Waals surface area (Å²) < 4.78 is 5.59. The van der Waals surface area contributed by atoms with E-state index in [1.54, 1.807) is 11.3 Å². The van der Waals surface area contributed by atoms with Crippen LogP contribution in [0.1, 0.15) is 48.9 Å². The van der Waals surface area contributed by atoms with E-state index in [1.165, 1.54) is 42.0 Å². The topological polar surface area (TPSA) is 61.8 Å². The number of halogens is 1. The number of aliphatic imine (C=N–C) groups is 1. The maximum absolute atomic E-state index is 5.59. The summed E-state index contributed by atoms with van der Waals surface area (Å²) >= 11 is 1.78. The Balaban J connectivity index is 0.00000280. The first-order valence-corrected chi connectivity index (χ1v) is 11.3. The molecule has 1 saturated heterocycles. The predicted molar refractivity (Wildman–Crippen MR) is 128 cm³/mol. The van der Waals surface area contributed by atoms with Gasteiger partial charge in [-0.05, 0) is 26.7 Å². The van der Waals surface area contributed by atoms with Gasteiger partial charge in [-0.25, -0.2) is 4.98 Å². The molecule has 1 aromatic rings. The Hall–Kier alpha value is -0.450. The van der Waals surface area contributed by atoms with Crippen LogP contribution in [-0.4, -0.2) is 67.3 Å². The minimum Gasteiger partial charge on any atom is -0.379 e. The molecule has 2 aliphatic rings. The second-order valence-electron chi connectivity index (χ2n) is 7.62. The van der Waals surface area contributed by atoms with Gasteiger partial charge in [0.25, 0.3) is 0 Å². The molecule has 1 aromatic heterocycles. The molecule has 0 atom stereocenters. The molecule has 2 heterocycles. The Kier molecular flexibility index (Phi) is 10.5. The van der Waals surface area contributed by atoms with Crippen molar-refractivity contribution in [1.82, 2.24) is 20.5 Å². The SMILES string of the molecule is CCNC(=NCC1(N2CCOCC2)CCCCC1)NCCc1ncc(C)s1.I. The summed E-state index contributed by atoms with van der Waals surface area (Å²) in [6.07, 6.45) is 9.41. The molecule has 0 radical (unpaired) electrons. The molecule has 160 valence electrons. The van der Waals surface area contributed by atoms with Gasteiger partial charge >= 0.3 is 0 Å². The van der Waals surface area contributed by atoms with E-state index in [4.69, 9.17) is 9.73 Å². The molecular formula is C20H36IN5OS. The zero-order valence-corrected chi connectivity index (χ0v) is 20.5. The van der Waals surface area contributed by atoms with E-state index >= 15 is 0 Å². The zero-order valence-electron chi connectivity index (χ0n) is 17.3. The van der Waals surface area contributed by atoms with Crippen LogP contribution in [0.5, 0.6) is 0 Å². The summed E-state index contributed by atoms with van der Waals surface area (Å²) in [5, 5.41) is 8.10. The van der Waals surface area contributed by atoms with Crippen LogP contribution in [0, 0.1) is 6.92 Å². The van der Waals surface area contributed by atoms with Crippen molar-refractivity contribution in [3.63, 3.8) is 0 Å². The highest BCUT2D eigenvalue weighted by molar-refractivity contribution is 14.0. The van der Waals surface area contributed by atoms with E-state index in [2.05, 4.69) is 34.4 Å². The number of rotatable bonds is 7. The number of thiazole rings is 1. The van der Waals surface area contributed by atoms with Crippen molar-refractivity contribution in [3.05, 3.63) is 16.1 Å². The lowest BCUT2D eigenvalue weighted by Gasteiger charge is -2.47. The highest BCUT2D eigenvalue weighted by Gasteiger charge is 2.38. The molecule has 0 bridgehead atoms. The van der Waals surface area contributed by atoms with Crippen LogP contribution in [0.4, 0.5) is 0 Å². The Bertz CT molecular complexity index is 597. The first-order chi connectivity index (χ1) is 13.2. The van der Waals surface area contributed by atoms with E-state index < -0.39 is 0 Å². The maximum atomic E-state index is 5.59. The number of morpholine rings is 1. The number of nitrogens with zero attached hydrogens (tertiary/aromatic N) is 3. The summed E-state index contributed by atoms with van der Waals surface area (Å²) in [5.41, 5.74) is 0.219. The molecule has 28 heavy (non-hydrogen) atoms. The van der Waals surface area contributed by atoms with Gasteiger partial charge in [0, 0.05) is 49.2 Å². The van der Waals surface area contributed by atoms with Gasteiger partial charge in [0.15, 0.2) is 5.96 Å². The average molecular weight is 522 g/mol. The monoisotopic (exact) mass is 521 g/mol. The number of ether oxygens (including phenoxy) is 1. The van der Waals surface area contributed by atoms with Crippen molar-refractivity contribution in [2.75, 3.05) is 45.9 Å². The van der Waals surface area contributed by atoms with Gasteiger partial charge in [0.1, 0.15) is 0 Å². The zero-order chi connectivity index (χ0) is 19.0. The number of hydrogen-bond acceptors (Lipinski definition) is 5. The lowest BCUT2D eigenvalue weighted by Crippen LogP contribution is -2.56. The third kappa shape index (κ3) is 6.81. The van der Waals surface area contributed by atoms with Gasteiger partial charge in [-0.1, -0.05) is 19.3 Å². The molecule has 8 heteroatoms. The van der Waals surface area contributed by atoms with Crippen molar-refractivity contribution >= 4 is 41.3 Å². The number of aromatic nitrogens is 1. The largest absolute Gasteiger partial charge is 0.379 e. The van der Waals surface area contributed by atoms with Gasteiger partial charge in [-0.2, -0.15) is 0 Å². The van der Waals surface area contributed by atoms with Crippen LogP contribution in [0.25, 0.3) is 0 Å². The molecule has 0 unspecified atom stereocenters. The molecule has 3 rings (SSSR count). The smallest absolute Gasteiger partial charge is 0.191 e. The normalized spacial score (nSPS) is 20.4. The van der Waals surface area contributed by atoms with Gasteiger partial charge < -0.3 is 15.4 Å². The fourth-order valence-corrected chi connectivity index (χ4v) is 4.98. The van der Waals surface area contributed by atoms with Gasteiger partial charge in [0.2, 0.25) is 0 Å². The second kappa shape index (κ2) is 12.3. The van der Waals surface area contributed by atoms with Gasteiger partial charge in [-0.3, -0.25) is 9.89 Å². The molecule has 1 aliphatic carbocycles. The summed E-state index contributed by atoms with van der Waals surface area (Å²) in [7, 11) is 0. The summed E-state index contributed by atoms with van der Waals surface area (Å²) in [6, 6.07) is 0. The molecule has 0 aromatic carbocycles. The fraction of sp³-hybridized carbons (Fsp3) is 0.800. The number of aryl methyl sites for hydroxylation is 1. The van der Waals surface area contributed by atoms with Crippen molar-refractivity contribution in [1.29, 1.82) is 0 Å². The van der Waals surface area contributed by atoms with E-state index in [1.807, 2.05) is 6.20 Å². The number of nitrogens with one attached hydrogen (secondary N) is 2. The van der Waals surface area contributed by atoms with Crippen LogP contribution in [0.2, 0.25) is 0 Å². The molecule has 0 amide bonds. The first kappa shape index (κ1) is 23.8. The molecule has 0 spiro atoms. The predicted octanol–water partition coefficient (Wildman–Crippen LogP) is 3.20. The molecule has 1 aliphatic heterocycles. The number of guanidine groups is 1. The van der Waals surface area contributed by atoms with Gasteiger partial charge in [-0.15, -0.1) is 35.3 Å². The van der Waals surface area contributed by atoms with Crippen LogP contribution < -0.4 is 10.6 Å². The molecule has 2 N–H and O–H groups in total. The van der Waals surface area contributed by atoms with Gasteiger partial charge in [0.05, 0.1) is 24.8 Å². The van der Waals surface area contributed by atoms with Crippen molar-refractivity contribution in [3.8, 4) is 0 Å². The van der Waals surface area contributed by atoms with E-state index in [-0.39, 0.29) is 29.5 Å². The van der Waals surface area contributed by atoms with Crippen molar-refractivity contribution < 1.29 is 4.74 Å². The van der Waals surface area contributed by atoms with Crippen LogP contribution in [0.15, 0.2) is 11.2 Å². The minimum absolute atomic E-state index is 0. The molecular weight excluding hydrogens is 485 g/mol. The first-order valence-electron chi connectivity index (χ1n) is 10.5. The lowest BCUT2D eigenvalue weighted by molar-refractivity contribution is -0.0333. The average Bonchev–Trinajstić information content (AvgIpc) is 3.12. The van der Waals surface area contributed by atoms with Crippen LogP contribution >= 0.6 is 35.3 Å². The van der Waals surface area contributed by atoms with E-state index in [0.29, 0.717) is 0 Å². The quantitative estimate of drug-likeness (QED) is 0.328. The van der Waals surface area contributed by atoms with Crippen LogP contribution in [-0.2, 0) is 11.2 Å². The summed E-state index contributed by atoms with van der Waals surface area (Å²) in [4.78, 5) is 13.4. The highest BCUT2D eigenvalue weighted by atomic mass is 127. The second-order valence-corrected chi connectivity index (χ2v) is 8.94. The minimum atomic E-state index is 0. The Morgan fingerprint density at radius 1 is 1.25 bits per heavy atom. The molecule has 1 saturated carbocycles. The summed E-state index contributed by atoms with van der Waals surface area (Å²) in [6.45, 7) is 10.7. The van der Waals surface area contributed by atoms with Crippen LogP contribution in [0.3, 0.4) is 0 Å². The third-order valence-corrected chi connectivity index (χ3v) is 6.61. The fourth-order valence-electron chi connectivity index (χ4n) is 4.19. The van der Waals surface area contributed by atoms with E-state index in [0.717, 1.165) is 58.3 Å². The Morgan fingerprint density at radius 2 is 2.00 bits per heavy atom. The number of hydrogen-bond donors (Lipinski definition) is 2. The molecule has 2 fully saturated rings. The lowest BCUT2D eigenvalue weighted by atomic mass is 9.80. The van der Waals surface area contributed by atoms with E-state index in [9.17, 15) is 0 Å². The highest BCUT2D eigenvalue weighted by Crippen LogP contribution is 2.34. The third-order valence-electron chi connectivity index (χ3n) is 5.64. The molecule has 6 nitrogen and oxygen atoms in total. The Morgan fingerprint density at radius 3 is 2.64 bits per heavy atom. The standard InChI is InChI=1S/C20H35N5OS.HI/c1-3-21-19(22-10-7-18-23-15-17(2)27-18)24-16-20(8-5-4-6-9-20)25-11-13-26-14-12-25;/h15H,3-14,16H2,1-2H3,(H2,21,22,24);1H. The van der Waals surface area contributed by atoms with Crippen molar-refractivity contribution in [2.45, 2.75) is 57.9 Å². The van der Waals surface area contributed by atoms with Crippen molar-refractivity contribution in [2.24, 2.45) is 4.99 Å². The Labute approximate surface area is 190 Å².